The Morgan fingerprint density at radius 3 is 2.39 bits per heavy atom. The molecule has 1 spiro atoms. The topological polar surface area (TPSA) is 204 Å². The summed E-state index contributed by atoms with van der Waals surface area (Å²) in [4.78, 5) is 78.9. The van der Waals surface area contributed by atoms with Crippen LogP contribution in [0.4, 0.5) is 11.5 Å². The van der Waals surface area contributed by atoms with Gasteiger partial charge in [0, 0.05) is 50.0 Å². The molecule has 5 amide bonds. The molecule has 1 aliphatic carbocycles. The predicted octanol–water partition coefficient (Wildman–Crippen LogP) is 5.56. The molecular weight excluding hydrogens is 815 g/mol. The third kappa shape index (κ3) is 6.82. The van der Waals surface area contributed by atoms with Gasteiger partial charge in [-0.25, -0.2) is 14.6 Å². The summed E-state index contributed by atoms with van der Waals surface area (Å²) in [6.45, 7) is 2.68. The fourth-order valence-electron chi connectivity index (χ4n) is 10.4. The highest BCUT2D eigenvalue weighted by atomic mass is 16.5. The molecule has 0 bridgehead atoms. The number of para-hydroxylation sites is 1. The summed E-state index contributed by atoms with van der Waals surface area (Å²) in [6.07, 6.45) is 10.7. The van der Waals surface area contributed by atoms with Gasteiger partial charge in [-0.1, -0.05) is 18.2 Å². The molecule has 7 heterocycles. The molecule has 64 heavy (non-hydrogen) atoms. The van der Waals surface area contributed by atoms with Crippen molar-refractivity contribution in [3.05, 3.63) is 108 Å². The van der Waals surface area contributed by atoms with Gasteiger partial charge in [0.1, 0.15) is 35.4 Å². The van der Waals surface area contributed by atoms with Gasteiger partial charge in [-0.3, -0.25) is 38.9 Å². The van der Waals surface area contributed by atoms with E-state index in [4.69, 9.17) is 15.6 Å². The minimum Gasteiger partial charge on any atom is -0.457 e. The molecule has 11 rings (SSSR count). The van der Waals surface area contributed by atoms with E-state index in [1.807, 2.05) is 81.1 Å². The molecule has 3 N–H and O–H groups in total. The Morgan fingerprint density at radius 1 is 0.844 bits per heavy atom. The Hall–Kier alpha value is -7.43. The van der Waals surface area contributed by atoms with E-state index in [9.17, 15) is 24.0 Å². The maximum atomic E-state index is 14.0. The summed E-state index contributed by atoms with van der Waals surface area (Å²) in [6, 6.07) is 21.7. The minimum atomic E-state index is -0.992. The van der Waals surface area contributed by atoms with Crippen LogP contribution in [0.3, 0.4) is 0 Å². The molecule has 4 aliphatic heterocycles. The third-order valence-corrected chi connectivity index (χ3v) is 13.8. The Morgan fingerprint density at radius 2 is 1.61 bits per heavy atom. The Kier molecular flexibility index (Phi) is 9.50. The van der Waals surface area contributed by atoms with Crippen LogP contribution in [-0.4, -0.2) is 101 Å². The Labute approximate surface area is 367 Å². The first-order valence-corrected chi connectivity index (χ1v) is 21.9. The number of fused-ring (bicyclic) bond motifs is 2. The van der Waals surface area contributed by atoms with Gasteiger partial charge in [-0.05, 0) is 105 Å². The maximum Gasteiger partial charge on any atom is 0.262 e. The number of nitrogen functional groups attached to an aromatic ring is 1. The number of ether oxygens (including phenoxy) is 1. The number of hydrogen-bond donors (Lipinski definition) is 2. The van der Waals surface area contributed by atoms with E-state index < -0.39 is 29.7 Å². The van der Waals surface area contributed by atoms with Gasteiger partial charge in [0.15, 0.2) is 5.65 Å². The first-order valence-electron chi connectivity index (χ1n) is 21.9. The number of carbonyl (C=O) groups excluding carboxylic acids is 5. The number of likely N-dealkylation sites (tertiary alicyclic amines) is 1. The van der Waals surface area contributed by atoms with Crippen molar-refractivity contribution in [1.82, 2.24) is 44.6 Å². The van der Waals surface area contributed by atoms with Gasteiger partial charge >= 0.3 is 0 Å². The lowest BCUT2D eigenvalue weighted by atomic mass is 9.60. The molecular formula is C47H45N11O6. The molecule has 4 fully saturated rings. The van der Waals surface area contributed by atoms with Crippen molar-refractivity contribution in [3.63, 3.8) is 0 Å². The summed E-state index contributed by atoms with van der Waals surface area (Å²) in [7, 11) is 0. The lowest BCUT2D eigenvalue weighted by Crippen LogP contribution is -2.54. The molecule has 2 atom stereocenters. The van der Waals surface area contributed by atoms with Crippen molar-refractivity contribution >= 4 is 52.1 Å². The van der Waals surface area contributed by atoms with Crippen molar-refractivity contribution in [1.29, 1.82) is 0 Å². The number of imide groups is 2. The maximum absolute atomic E-state index is 14.0. The number of amides is 5. The average molecular weight is 860 g/mol. The summed E-state index contributed by atoms with van der Waals surface area (Å²) < 4.78 is 9.86. The lowest BCUT2D eigenvalue weighted by Gasteiger charge is -2.52. The fraction of sp³-hybridized carbons (Fsp3) is 0.340. The molecule has 17 nitrogen and oxygen atoms in total. The molecule has 1 saturated carbocycles. The van der Waals surface area contributed by atoms with Crippen LogP contribution < -0.4 is 20.7 Å². The number of hydrogen-bond acceptors (Lipinski definition) is 12. The first kappa shape index (κ1) is 39.4. The number of nitrogens with one attached hydrogen (secondary N) is 1. The largest absolute Gasteiger partial charge is 0.457 e. The van der Waals surface area contributed by atoms with E-state index in [1.165, 1.54) is 6.33 Å². The zero-order chi connectivity index (χ0) is 43.7. The van der Waals surface area contributed by atoms with Crippen LogP contribution in [0.5, 0.6) is 11.5 Å². The van der Waals surface area contributed by atoms with Crippen molar-refractivity contribution in [3.8, 4) is 22.8 Å². The van der Waals surface area contributed by atoms with Gasteiger partial charge < -0.3 is 20.3 Å². The van der Waals surface area contributed by atoms with E-state index in [2.05, 4.69) is 25.3 Å². The van der Waals surface area contributed by atoms with Gasteiger partial charge in [0.25, 0.3) is 17.7 Å². The SMILES string of the molecule is Nc1ncnc2c1c(-c1ccc(Oc3ccccc3)cc1)nn2[C@@H]1CCCN(C(=O)c2cnn(C3CC4(CCN(c5ccc6c(c5)C(=O)N(C5CCC(=O)NC5=O)C6=O)CC4)C3)c2)C1. The number of benzene rings is 3. The van der Waals surface area contributed by atoms with E-state index >= 15 is 0 Å². The molecule has 3 aromatic carbocycles. The molecule has 324 valence electrons. The van der Waals surface area contributed by atoms with Crippen molar-refractivity contribution < 1.29 is 28.7 Å². The number of nitrogens with zero attached hydrogens (tertiary/aromatic N) is 9. The van der Waals surface area contributed by atoms with E-state index in [-0.39, 0.29) is 47.4 Å². The van der Waals surface area contributed by atoms with Gasteiger partial charge in [0.2, 0.25) is 11.8 Å². The molecule has 5 aliphatic rings. The summed E-state index contributed by atoms with van der Waals surface area (Å²) >= 11 is 0. The number of piperidine rings is 3. The van der Waals surface area contributed by atoms with E-state index in [0.717, 1.165) is 73.5 Å². The van der Waals surface area contributed by atoms with Crippen LogP contribution in [0.2, 0.25) is 0 Å². The van der Waals surface area contributed by atoms with Crippen LogP contribution in [0.25, 0.3) is 22.3 Å². The zero-order valence-corrected chi connectivity index (χ0v) is 34.9. The molecule has 0 radical (unpaired) electrons. The first-order chi connectivity index (χ1) is 31.1. The third-order valence-electron chi connectivity index (χ3n) is 13.8. The van der Waals surface area contributed by atoms with Crippen molar-refractivity contribution in [2.45, 2.75) is 69.5 Å². The molecule has 6 aromatic rings. The van der Waals surface area contributed by atoms with Gasteiger partial charge in [-0.15, -0.1) is 0 Å². The molecule has 17 heteroatoms. The second kappa shape index (κ2) is 15.4. The molecule has 1 unspecified atom stereocenters. The zero-order valence-electron chi connectivity index (χ0n) is 34.9. The number of nitrogens with two attached hydrogens (primary N) is 1. The number of anilines is 2. The van der Waals surface area contributed by atoms with Crippen molar-refractivity contribution in [2.24, 2.45) is 5.41 Å². The molecule has 3 saturated heterocycles. The number of aromatic nitrogens is 6. The van der Waals surface area contributed by atoms with Crippen LogP contribution in [0.1, 0.15) is 94.5 Å². The minimum absolute atomic E-state index is 0.0621. The highest BCUT2D eigenvalue weighted by Gasteiger charge is 2.48. The normalized spacial score (nSPS) is 21.0. The predicted molar refractivity (Wildman–Crippen MR) is 233 cm³/mol. The monoisotopic (exact) mass is 859 g/mol. The number of carbonyl (C=O) groups is 5. The van der Waals surface area contributed by atoms with Crippen LogP contribution in [0.15, 0.2) is 91.5 Å². The Bertz CT molecular complexity index is 2860. The smallest absolute Gasteiger partial charge is 0.262 e. The lowest BCUT2D eigenvalue weighted by molar-refractivity contribution is -0.136. The van der Waals surface area contributed by atoms with Gasteiger partial charge in [-0.2, -0.15) is 10.2 Å². The Balaban J connectivity index is 0.720. The molecule has 3 aromatic heterocycles. The highest BCUT2D eigenvalue weighted by Crippen LogP contribution is 2.55. The quantitative estimate of drug-likeness (QED) is 0.181. The fourth-order valence-corrected chi connectivity index (χ4v) is 10.4. The second-order valence-corrected chi connectivity index (χ2v) is 17.7. The second-order valence-electron chi connectivity index (χ2n) is 17.7. The van der Waals surface area contributed by atoms with Gasteiger partial charge in [0.05, 0.1) is 40.4 Å². The van der Waals surface area contributed by atoms with E-state index in [0.29, 0.717) is 46.9 Å². The summed E-state index contributed by atoms with van der Waals surface area (Å²) in [5, 5.41) is 12.7. The van der Waals surface area contributed by atoms with Crippen LogP contribution >= 0.6 is 0 Å². The summed E-state index contributed by atoms with van der Waals surface area (Å²) in [5.41, 5.74) is 10.8. The van der Waals surface area contributed by atoms with Crippen LogP contribution in [0, 0.1) is 5.41 Å². The number of rotatable bonds is 8. The van der Waals surface area contributed by atoms with E-state index in [1.54, 1.807) is 18.3 Å². The standard InChI is InChI=1S/C47H45N11O6/c48-41-39-40(28-8-11-34(12-9-28)64-33-6-2-1-3-7-33)53-58(42(39)50-27-49-41)31-5-4-18-55(26-31)44(61)29-24-51-56(25-29)32-22-47(23-32)16-19-54(20-17-47)30-10-13-35-36(21-30)46(63)57(45(35)62)37-14-15-38(59)52-43(37)60/h1-3,6-13,21,24-25,27,31-32,37H,4-5,14-20,22-23,26H2,(H2,48,49,50)(H,52,59,60)/t31-,37?/m1/s1. The van der Waals surface area contributed by atoms with Crippen LogP contribution in [-0.2, 0) is 9.59 Å². The average Bonchev–Trinajstić information content (AvgIpc) is 4.02. The summed E-state index contributed by atoms with van der Waals surface area (Å²) in [5.74, 6) is -0.305. The highest BCUT2D eigenvalue weighted by molar-refractivity contribution is 6.23. The van der Waals surface area contributed by atoms with Crippen molar-refractivity contribution in [2.75, 3.05) is 36.8 Å².